The van der Waals surface area contributed by atoms with Crippen LogP contribution in [0, 0.1) is 0 Å². The van der Waals surface area contributed by atoms with Crippen molar-refractivity contribution in [3.63, 3.8) is 0 Å². The number of esters is 1. The van der Waals surface area contributed by atoms with E-state index < -0.39 is 5.97 Å². The summed E-state index contributed by atoms with van der Waals surface area (Å²) in [6, 6.07) is 14.0. The van der Waals surface area contributed by atoms with Gasteiger partial charge in [-0.2, -0.15) is 0 Å². The van der Waals surface area contributed by atoms with Crippen molar-refractivity contribution in [3.05, 3.63) is 59.7 Å². The lowest BCUT2D eigenvalue weighted by atomic mass is 10.1. The lowest BCUT2D eigenvalue weighted by Crippen LogP contribution is -2.30. The fraction of sp³-hybridized carbons (Fsp3) is 0.263. The summed E-state index contributed by atoms with van der Waals surface area (Å²) in [7, 11) is 1.32. The number of methoxy groups -OCH3 is 1. The van der Waals surface area contributed by atoms with Crippen molar-refractivity contribution in [2.24, 2.45) is 0 Å². The highest BCUT2D eigenvalue weighted by Crippen LogP contribution is 2.13. The van der Waals surface area contributed by atoms with Gasteiger partial charge in [0.2, 0.25) is 0 Å². The first-order valence-corrected chi connectivity index (χ1v) is 8.07. The third-order valence-corrected chi connectivity index (χ3v) is 3.48. The van der Waals surface area contributed by atoms with Crippen molar-refractivity contribution < 1.29 is 19.1 Å². The molecule has 0 atom stereocenters. The van der Waals surface area contributed by atoms with E-state index in [0.29, 0.717) is 30.8 Å². The fourth-order valence-electron chi connectivity index (χ4n) is 2.26. The van der Waals surface area contributed by atoms with E-state index in [2.05, 4.69) is 15.4 Å². The molecule has 2 amide bonds. The SMILES string of the molecule is CCOc1ccc(CCNC(=O)Nc2cccc(C(=O)OC)c2)cc1. The number of carbonyl (C=O) groups is 2. The van der Waals surface area contributed by atoms with Crippen molar-refractivity contribution in [1.82, 2.24) is 5.32 Å². The molecule has 0 aliphatic heterocycles. The average Bonchev–Trinajstić information content (AvgIpc) is 2.63. The molecule has 2 N–H and O–H groups in total. The predicted molar refractivity (Wildman–Crippen MR) is 96.1 cm³/mol. The van der Waals surface area contributed by atoms with Crippen LogP contribution in [0.25, 0.3) is 0 Å². The second-order valence-electron chi connectivity index (χ2n) is 5.28. The van der Waals surface area contributed by atoms with Gasteiger partial charge < -0.3 is 20.1 Å². The third kappa shape index (κ3) is 5.84. The Labute approximate surface area is 147 Å². The summed E-state index contributed by atoms with van der Waals surface area (Å²) < 4.78 is 10.0. The molecule has 0 heterocycles. The number of amides is 2. The van der Waals surface area contributed by atoms with E-state index in [9.17, 15) is 9.59 Å². The van der Waals surface area contributed by atoms with Crippen molar-refractivity contribution in [1.29, 1.82) is 0 Å². The lowest BCUT2D eigenvalue weighted by Gasteiger charge is -2.09. The summed E-state index contributed by atoms with van der Waals surface area (Å²) in [5.74, 6) is 0.391. The zero-order valence-corrected chi connectivity index (χ0v) is 14.4. The van der Waals surface area contributed by atoms with Crippen LogP contribution < -0.4 is 15.4 Å². The number of rotatable bonds is 7. The minimum atomic E-state index is -0.445. The van der Waals surface area contributed by atoms with Crippen LogP contribution in [-0.4, -0.2) is 32.3 Å². The van der Waals surface area contributed by atoms with Crippen LogP contribution in [-0.2, 0) is 11.2 Å². The van der Waals surface area contributed by atoms with E-state index in [-0.39, 0.29) is 6.03 Å². The standard InChI is InChI=1S/C19H22N2O4/c1-3-25-17-9-7-14(8-10-17)11-12-20-19(23)21-16-6-4-5-15(13-16)18(22)24-2/h4-10,13H,3,11-12H2,1-2H3,(H2,20,21,23). The van der Waals surface area contributed by atoms with E-state index in [1.165, 1.54) is 7.11 Å². The number of nitrogens with one attached hydrogen (secondary N) is 2. The molecule has 2 aromatic rings. The molecule has 2 aromatic carbocycles. The van der Waals surface area contributed by atoms with Gasteiger partial charge >= 0.3 is 12.0 Å². The minimum Gasteiger partial charge on any atom is -0.494 e. The van der Waals surface area contributed by atoms with Crippen LogP contribution in [0.4, 0.5) is 10.5 Å². The monoisotopic (exact) mass is 342 g/mol. The molecule has 0 fully saturated rings. The maximum atomic E-state index is 11.9. The van der Waals surface area contributed by atoms with E-state index in [1.54, 1.807) is 24.3 Å². The topological polar surface area (TPSA) is 76.7 Å². The van der Waals surface area contributed by atoms with Crippen LogP contribution in [0.3, 0.4) is 0 Å². The number of urea groups is 1. The van der Waals surface area contributed by atoms with Gasteiger partial charge in [-0.3, -0.25) is 0 Å². The number of hydrogen-bond acceptors (Lipinski definition) is 4. The molecule has 0 aromatic heterocycles. The van der Waals surface area contributed by atoms with E-state index >= 15 is 0 Å². The zero-order chi connectivity index (χ0) is 18.1. The molecular weight excluding hydrogens is 320 g/mol. The number of benzene rings is 2. The molecule has 0 bridgehead atoms. The van der Waals surface area contributed by atoms with Gasteiger partial charge in [0.25, 0.3) is 0 Å². The molecule has 6 heteroatoms. The molecule has 25 heavy (non-hydrogen) atoms. The van der Waals surface area contributed by atoms with Gasteiger partial charge in [0.1, 0.15) is 5.75 Å². The first-order valence-electron chi connectivity index (χ1n) is 8.07. The molecule has 0 saturated carbocycles. The molecule has 0 saturated heterocycles. The van der Waals surface area contributed by atoms with E-state index in [1.807, 2.05) is 31.2 Å². The van der Waals surface area contributed by atoms with Crippen molar-refractivity contribution in [2.45, 2.75) is 13.3 Å². The highest BCUT2D eigenvalue weighted by Gasteiger charge is 2.07. The van der Waals surface area contributed by atoms with Gasteiger partial charge in [0.05, 0.1) is 19.3 Å². The fourth-order valence-corrected chi connectivity index (χ4v) is 2.26. The molecule has 0 radical (unpaired) electrons. The van der Waals surface area contributed by atoms with Gasteiger partial charge in [-0.15, -0.1) is 0 Å². The molecule has 2 rings (SSSR count). The first-order chi connectivity index (χ1) is 12.1. The summed E-state index contributed by atoms with van der Waals surface area (Å²) in [5.41, 5.74) is 2.02. The number of hydrogen-bond donors (Lipinski definition) is 2. The Balaban J connectivity index is 1.79. The van der Waals surface area contributed by atoms with Gasteiger partial charge in [0, 0.05) is 12.2 Å². The van der Waals surface area contributed by atoms with Gasteiger partial charge in [-0.05, 0) is 49.2 Å². The number of carbonyl (C=O) groups excluding carboxylic acids is 2. The molecule has 0 spiro atoms. The van der Waals surface area contributed by atoms with Gasteiger partial charge in [0.15, 0.2) is 0 Å². The summed E-state index contributed by atoms with van der Waals surface area (Å²) in [6.07, 6.45) is 0.710. The smallest absolute Gasteiger partial charge is 0.337 e. The van der Waals surface area contributed by atoms with Crippen LogP contribution in [0.2, 0.25) is 0 Å². The minimum absolute atomic E-state index is 0.326. The quantitative estimate of drug-likeness (QED) is 0.758. The summed E-state index contributed by atoms with van der Waals surface area (Å²) in [5, 5.41) is 5.48. The Morgan fingerprint density at radius 2 is 1.84 bits per heavy atom. The number of anilines is 1. The second-order valence-corrected chi connectivity index (χ2v) is 5.28. The Bertz CT molecular complexity index is 714. The van der Waals surface area contributed by atoms with Crippen LogP contribution >= 0.6 is 0 Å². The van der Waals surface area contributed by atoms with Gasteiger partial charge in [-0.1, -0.05) is 18.2 Å². The zero-order valence-electron chi connectivity index (χ0n) is 14.4. The molecule has 132 valence electrons. The average molecular weight is 342 g/mol. The largest absolute Gasteiger partial charge is 0.494 e. The number of ether oxygens (including phenoxy) is 2. The van der Waals surface area contributed by atoms with E-state index in [4.69, 9.17) is 4.74 Å². The van der Waals surface area contributed by atoms with Crippen LogP contribution in [0.1, 0.15) is 22.8 Å². The Kier molecular flexibility index (Phi) is 6.83. The Morgan fingerprint density at radius 3 is 2.52 bits per heavy atom. The summed E-state index contributed by atoms with van der Waals surface area (Å²) >= 11 is 0. The second kappa shape index (κ2) is 9.32. The molecule has 6 nitrogen and oxygen atoms in total. The van der Waals surface area contributed by atoms with E-state index in [0.717, 1.165) is 11.3 Å². The normalized spacial score (nSPS) is 10.0. The van der Waals surface area contributed by atoms with Crippen LogP contribution in [0.15, 0.2) is 48.5 Å². The van der Waals surface area contributed by atoms with Crippen molar-refractivity contribution >= 4 is 17.7 Å². The third-order valence-electron chi connectivity index (χ3n) is 3.48. The molecule has 0 unspecified atom stereocenters. The maximum absolute atomic E-state index is 11.9. The van der Waals surface area contributed by atoms with Crippen LogP contribution in [0.5, 0.6) is 5.75 Å². The summed E-state index contributed by atoms with van der Waals surface area (Å²) in [6.45, 7) is 3.08. The first kappa shape index (κ1) is 18.3. The van der Waals surface area contributed by atoms with Gasteiger partial charge in [-0.25, -0.2) is 9.59 Å². The predicted octanol–water partition coefficient (Wildman–Crippen LogP) is 3.24. The lowest BCUT2D eigenvalue weighted by molar-refractivity contribution is 0.0600. The molecule has 0 aliphatic rings. The summed E-state index contributed by atoms with van der Waals surface area (Å²) in [4.78, 5) is 23.4. The maximum Gasteiger partial charge on any atom is 0.337 e. The Morgan fingerprint density at radius 1 is 1.08 bits per heavy atom. The molecular formula is C19H22N2O4. The highest BCUT2D eigenvalue weighted by molar-refractivity contribution is 5.93. The highest BCUT2D eigenvalue weighted by atomic mass is 16.5. The molecule has 0 aliphatic carbocycles. The van der Waals surface area contributed by atoms with Crippen molar-refractivity contribution in [3.8, 4) is 5.75 Å². The Hall–Kier alpha value is -3.02. The van der Waals surface area contributed by atoms with Crippen molar-refractivity contribution in [2.75, 3.05) is 25.6 Å².